The van der Waals surface area contributed by atoms with Gasteiger partial charge >= 0.3 is 6.18 Å². The first kappa shape index (κ1) is 11.6. The fourth-order valence-electron chi connectivity index (χ4n) is 0.407. The van der Waals surface area contributed by atoms with E-state index in [1.54, 1.807) is 0 Å². The summed E-state index contributed by atoms with van der Waals surface area (Å²) in [5, 5.41) is 0. The van der Waals surface area contributed by atoms with Gasteiger partial charge in [-0.2, -0.15) is 21.6 Å². The third kappa shape index (κ3) is 2.94. The van der Waals surface area contributed by atoms with Gasteiger partial charge in [0.25, 0.3) is 10.1 Å². The number of hydrogen-bond donors (Lipinski definition) is 1. The van der Waals surface area contributed by atoms with E-state index in [-0.39, 0.29) is 0 Å². The fourth-order valence-corrected chi connectivity index (χ4v) is 1.08. The van der Waals surface area contributed by atoms with Crippen LogP contribution < -0.4 is 0 Å². The molecule has 0 aliphatic rings. The van der Waals surface area contributed by atoms with Crippen LogP contribution in [0.3, 0.4) is 0 Å². The highest BCUT2D eigenvalue weighted by atomic mass is 32.2. The summed E-state index contributed by atoms with van der Waals surface area (Å²) in [6.07, 6.45) is -4.98. The molecule has 0 amide bonds. The van der Waals surface area contributed by atoms with E-state index in [9.17, 15) is 26.0 Å². The molecule has 2 unspecified atom stereocenters. The average molecular weight is 210 g/mol. The maximum absolute atomic E-state index is 12.2. The quantitative estimate of drug-likeness (QED) is 0.553. The number of alkyl halides is 4. The minimum absolute atomic E-state index is 0.332. The van der Waals surface area contributed by atoms with Crippen LogP contribution in [0.1, 0.15) is 6.92 Å². The first-order valence-electron chi connectivity index (χ1n) is 2.74. The van der Waals surface area contributed by atoms with Crippen molar-refractivity contribution in [2.24, 2.45) is 5.92 Å². The topological polar surface area (TPSA) is 54.4 Å². The molecule has 0 aliphatic heterocycles. The summed E-state index contributed by atoms with van der Waals surface area (Å²) in [6, 6.07) is 0. The molecular weight excluding hydrogens is 204 g/mol. The van der Waals surface area contributed by atoms with Gasteiger partial charge in [0, 0.05) is 0 Å². The van der Waals surface area contributed by atoms with Crippen LogP contribution in [0, 0.1) is 5.92 Å². The second-order valence-corrected chi connectivity index (χ2v) is 3.68. The Balaban J connectivity index is 4.64. The fraction of sp³-hybridized carbons (Fsp3) is 1.00. The summed E-state index contributed by atoms with van der Waals surface area (Å²) >= 11 is 0. The Labute approximate surface area is 66.1 Å². The van der Waals surface area contributed by atoms with Crippen LogP contribution in [0.25, 0.3) is 0 Å². The molecule has 0 fully saturated rings. The molecule has 0 spiro atoms. The Morgan fingerprint density at radius 1 is 1.33 bits per heavy atom. The van der Waals surface area contributed by atoms with Gasteiger partial charge in [0.2, 0.25) is 5.50 Å². The largest absolute Gasteiger partial charge is 0.395 e. The summed E-state index contributed by atoms with van der Waals surface area (Å²) in [6.45, 7) is 0.332. The monoisotopic (exact) mass is 210 g/mol. The van der Waals surface area contributed by atoms with Crippen molar-refractivity contribution in [3.63, 3.8) is 0 Å². The van der Waals surface area contributed by atoms with Gasteiger partial charge in [-0.3, -0.25) is 4.55 Å². The third-order valence-electron chi connectivity index (χ3n) is 1.19. The summed E-state index contributed by atoms with van der Waals surface area (Å²) in [5.41, 5.74) is -3.32. The van der Waals surface area contributed by atoms with E-state index in [2.05, 4.69) is 0 Å². The molecule has 8 heteroatoms. The van der Waals surface area contributed by atoms with Gasteiger partial charge in [-0.15, -0.1) is 0 Å². The summed E-state index contributed by atoms with van der Waals surface area (Å²) in [4.78, 5) is 0. The van der Waals surface area contributed by atoms with E-state index < -0.39 is 27.7 Å². The van der Waals surface area contributed by atoms with Crippen molar-refractivity contribution in [1.82, 2.24) is 0 Å². The van der Waals surface area contributed by atoms with Gasteiger partial charge in [-0.25, -0.2) is 4.39 Å². The van der Waals surface area contributed by atoms with Crippen molar-refractivity contribution >= 4 is 10.1 Å². The van der Waals surface area contributed by atoms with E-state index in [1.807, 2.05) is 0 Å². The molecule has 12 heavy (non-hydrogen) atoms. The van der Waals surface area contributed by atoms with Gasteiger partial charge < -0.3 is 0 Å². The number of hydrogen-bond acceptors (Lipinski definition) is 2. The predicted octanol–water partition coefficient (Wildman–Crippen LogP) is 1.37. The molecule has 0 saturated heterocycles. The lowest BCUT2D eigenvalue weighted by Gasteiger charge is -2.16. The Hall–Kier alpha value is -0.370. The second-order valence-electron chi connectivity index (χ2n) is 2.20. The van der Waals surface area contributed by atoms with Crippen LogP contribution >= 0.6 is 0 Å². The zero-order chi connectivity index (χ0) is 10.2. The van der Waals surface area contributed by atoms with E-state index >= 15 is 0 Å². The molecular formula is C4H6F4O3S. The average Bonchev–Trinajstić information content (AvgIpc) is 1.80. The van der Waals surface area contributed by atoms with Crippen molar-refractivity contribution in [2.45, 2.75) is 18.6 Å². The second kappa shape index (κ2) is 3.17. The minimum Gasteiger partial charge on any atom is -0.283 e. The van der Waals surface area contributed by atoms with E-state index in [1.165, 1.54) is 0 Å². The van der Waals surface area contributed by atoms with E-state index in [0.717, 1.165) is 0 Å². The number of halogens is 4. The van der Waals surface area contributed by atoms with Gasteiger partial charge in [0.1, 0.15) is 5.92 Å². The molecule has 0 saturated carbocycles. The predicted molar refractivity (Wildman–Crippen MR) is 31.7 cm³/mol. The van der Waals surface area contributed by atoms with E-state index in [4.69, 9.17) is 4.55 Å². The van der Waals surface area contributed by atoms with Crippen molar-refractivity contribution < 1.29 is 30.5 Å². The standard InChI is InChI=1S/C4H6F4O3S/c1-2(4(6,7)8)3(5)12(9,10)11/h2-3H,1H3,(H,9,10,11). The zero-order valence-electron chi connectivity index (χ0n) is 5.84. The summed E-state index contributed by atoms with van der Waals surface area (Å²) in [5.74, 6) is -2.73. The number of rotatable bonds is 2. The van der Waals surface area contributed by atoms with Crippen molar-refractivity contribution in [2.75, 3.05) is 0 Å². The van der Waals surface area contributed by atoms with Crippen LogP contribution in [0.2, 0.25) is 0 Å². The zero-order valence-corrected chi connectivity index (χ0v) is 6.66. The SMILES string of the molecule is CC(C(F)S(=O)(=O)O)C(F)(F)F. The van der Waals surface area contributed by atoms with Gasteiger partial charge in [0.05, 0.1) is 0 Å². The van der Waals surface area contributed by atoms with Crippen molar-refractivity contribution in [3.8, 4) is 0 Å². The lowest BCUT2D eigenvalue weighted by molar-refractivity contribution is -0.177. The summed E-state index contributed by atoms with van der Waals surface area (Å²) in [7, 11) is -5.27. The molecule has 0 aromatic rings. The van der Waals surface area contributed by atoms with Crippen LogP contribution in [0.5, 0.6) is 0 Å². The molecule has 2 atom stereocenters. The molecule has 0 rings (SSSR count). The van der Waals surface area contributed by atoms with Gasteiger partial charge in [-0.05, 0) is 6.92 Å². The molecule has 0 radical (unpaired) electrons. The Kier molecular flexibility index (Phi) is 3.07. The lowest BCUT2D eigenvalue weighted by Crippen LogP contribution is -2.34. The molecule has 0 heterocycles. The van der Waals surface area contributed by atoms with Gasteiger partial charge in [-0.1, -0.05) is 0 Å². The molecule has 0 bridgehead atoms. The molecule has 0 aromatic carbocycles. The minimum atomic E-state index is -5.27. The van der Waals surface area contributed by atoms with Crippen LogP contribution in [0.4, 0.5) is 17.6 Å². The first-order valence-corrected chi connectivity index (χ1v) is 4.24. The van der Waals surface area contributed by atoms with E-state index in [0.29, 0.717) is 6.92 Å². The highest BCUT2D eigenvalue weighted by Gasteiger charge is 2.46. The molecule has 0 aromatic heterocycles. The molecule has 3 nitrogen and oxygen atoms in total. The maximum Gasteiger partial charge on any atom is 0.395 e. The summed E-state index contributed by atoms with van der Waals surface area (Å²) < 4.78 is 74.8. The van der Waals surface area contributed by atoms with Crippen molar-refractivity contribution in [1.29, 1.82) is 0 Å². The first-order chi connectivity index (χ1) is 5.07. The normalized spacial score (nSPS) is 18.8. The highest BCUT2D eigenvalue weighted by Crippen LogP contribution is 2.31. The van der Waals surface area contributed by atoms with Crippen LogP contribution in [-0.2, 0) is 10.1 Å². The molecule has 0 aliphatic carbocycles. The third-order valence-corrected chi connectivity index (χ3v) is 2.17. The molecule has 1 N–H and O–H groups in total. The smallest absolute Gasteiger partial charge is 0.283 e. The Morgan fingerprint density at radius 2 is 1.67 bits per heavy atom. The maximum atomic E-state index is 12.2. The van der Waals surface area contributed by atoms with Gasteiger partial charge in [0.15, 0.2) is 0 Å². The lowest BCUT2D eigenvalue weighted by atomic mass is 10.2. The Morgan fingerprint density at radius 3 is 1.75 bits per heavy atom. The molecule has 74 valence electrons. The highest BCUT2D eigenvalue weighted by molar-refractivity contribution is 7.86. The van der Waals surface area contributed by atoms with Crippen molar-refractivity contribution in [3.05, 3.63) is 0 Å². The van der Waals surface area contributed by atoms with Crippen LogP contribution in [0.15, 0.2) is 0 Å². The Bertz CT molecular complexity index is 244. The van der Waals surface area contributed by atoms with Crippen LogP contribution in [-0.4, -0.2) is 24.7 Å².